The lowest BCUT2D eigenvalue weighted by Gasteiger charge is -2.17. The first-order valence-corrected chi connectivity index (χ1v) is 13.0. The molecule has 0 heterocycles. The highest BCUT2D eigenvalue weighted by Crippen LogP contribution is 2.27. The van der Waals surface area contributed by atoms with Crippen LogP contribution in [0.5, 0.6) is 0 Å². The lowest BCUT2D eigenvalue weighted by molar-refractivity contribution is 1.57. The van der Waals surface area contributed by atoms with Crippen molar-refractivity contribution < 1.29 is 0 Å². The first-order valence-electron chi connectivity index (χ1n) is 9.46. The van der Waals surface area contributed by atoms with E-state index >= 15 is 0 Å². The first-order chi connectivity index (χ1) is 13.0. The quantitative estimate of drug-likeness (QED) is 0.391. The summed E-state index contributed by atoms with van der Waals surface area (Å²) < 4.78 is 0. The summed E-state index contributed by atoms with van der Waals surface area (Å²) >= 11 is 0. The summed E-state index contributed by atoms with van der Waals surface area (Å²) in [5.41, 5.74) is 4.77. The van der Waals surface area contributed by atoms with E-state index in [4.69, 9.17) is 0 Å². The van der Waals surface area contributed by atoms with Crippen LogP contribution in [-0.4, -0.2) is 8.07 Å². The average Bonchev–Trinajstić information content (AvgIpc) is 2.68. The highest BCUT2D eigenvalue weighted by molar-refractivity contribution is 6.88. The molecule has 0 aliphatic carbocycles. The third kappa shape index (κ3) is 3.96. The normalized spacial score (nSPS) is 11.5. The van der Waals surface area contributed by atoms with Gasteiger partial charge in [0.1, 0.15) is 0 Å². The summed E-state index contributed by atoms with van der Waals surface area (Å²) in [6.45, 7) is 7.13. The van der Waals surface area contributed by atoms with Gasteiger partial charge in [0.2, 0.25) is 0 Å². The molecular weight excluding hydrogens is 342 g/mol. The fourth-order valence-corrected chi connectivity index (χ4v) is 4.52. The molecule has 0 saturated carbocycles. The fourth-order valence-electron chi connectivity index (χ4n) is 3.35. The number of nitrogens with one attached hydrogen (secondary N) is 1. The van der Waals surface area contributed by atoms with Gasteiger partial charge in [-0.25, -0.2) is 0 Å². The zero-order valence-corrected chi connectivity index (χ0v) is 17.2. The fraction of sp³-hybridized carbons (Fsp3) is 0.120. The van der Waals surface area contributed by atoms with E-state index in [0.717, 1.165) is 11.4 Å². The molecule has 0 fully saturated rings. The number of rotatable bonds is 4. The van der Waals surface area contributed by atoms with Crippen molar-refractivity contribution >= 4 is 35.4 Å². The van der Waals surface area contributed by atoms with Crippen molar-refractivity contribution in [1.82, 2.24) is 0 Å². The highest BCUT2D eigenvalue weighted by Gasteiger charge is 2.15. The van der Waals surface area contributed by atoms with Crippen molar-refractivity contribution in [2.24, 2.45) is 0 Å². The Morgan fingerprint density at radius 3 is 1.89 bits per heavy atom. The maximum atomic E-state index is 3.54. The Morgan fingerprint density at radius 2 is 1.19 bits per heavy atom. The predicted octanol–water partition coefficient (Wildman–Crippen LogP) is 6.80. The summed E-state index contributed by atoms with van der Waals surface area (Å²) in [5.74, 6) is 0. The SMILES string of the molecule is C[Si](C)(C)c1ccc(Nc2ccc3cc(-c4ccccc4)ccc3c2)cc1. The van der Waals surface area contributed by atoms with Gasteiger partial charge in [-0.15, -0.1) is 0 Å². The van der Waals surface area contributed by atoms with Crippen LogP contribution in [0.15, 0.2) is 91.0 Å². The number of fused-ring (bicyclic) bond motifs is 1. The minimum Gasteiger partial charge on any atom is -0.356 e. The number of benzene rings is 4. The largest absolute Gasteiger partial charge is 0.356 e. The van der Waals surface area contributed by atoms with Crippen molar-refractivity contribution in [3.8, 4) is 11.1 Å². The second-order valence-corrected chi connectivity index (χ2v) is 13.2. The molecule has 0 aliphatic heterocycles. The Bertz CT molecular complexity index is 1060. The van der Waals surface area contributed by atoms with E-state index < -0.39 is 8.07 Å². The zero-order valence-electron chi connectivity index (χ0n) is 16.2. The van der Waals surface area contributed by atoms with Gasteiger partial charge in [-0.2, -0.15) is 0 Å². The van der Waals surface area contributed by atoms with E-state index in [1.165, 1.54) is 27.1 Å². The summed E-state index contributed by atoms with van der Waals surface area (Å²) in [6, 6.07) is 32.7. The van der Waals surface area contributed by atoms with E-state index in [9.17, 15) is 0 Å². The average molecular weight is 368 g/mol. The van der Waals surface area contributed by atoms with E-state index in [1.807, 2.05) is 0 Å². The van der Waals surface area contributed by atoms with Gasteiger partial charge in [-0.1, -0.05) is 85.5 Å². The molecule has 27 heavy (non-hydrogen) atoms. The third-order valence-corrected chi connectivity index (χ3v) is 7.05. The molecule has 2 heteroatoms. The molecule has 0 bridgehead atoms. The Hall–Kier alpha value is -2.84. The second-order valence-electron chi connectivity index (χ2n) is 8.10. The standard InChI is InChI=1S/C25H25NSi/c1-27(2,3)25-15-13-23(14-16-25)26-24-12-11-21-17-20(9-10-22(21)18-24)19-7-5-4-6-8-19/h4-18,26H,1-3H3. The van der Waals surface area contributed by atoms with Gasteiger partial charge in [-0.3, -0.25) is 0 Å². The van der Waals surface area contributed by atoms with Gasteiger partial charge in [0.05, 0.1) is 8.07 Å². The predicted molar refractivity (Wildman–Crippen MR) is 122 cm³/mol. The minimum absolute atomic E-state index is 1.12. The molecule has 0 aromatic heterocycles. The number of hydrogen-bond acceptors (Lipinski definition) is 1. The van der Waals surface area contributed by atoms with E-state index in [-0.39, 0.29) is 0 Å². The van der Waals surface area contributed by atoms with Crippen molar-refractivity contribution in [2.45, 2.75) is 19.6 Å². The summed E-state index contributed by atoms with van der Waals surface area (Å²) in [7, 11) is -1.25. The Labute approximate surface area is 162 Å². The minimum atomic E-state index is -1.25. The molecule has 1 N–H and O–H groups in total. The van der Waals surface area contributed by atoms with Gasteiger partial charge >= 0.3 is 0 Å². The van der Waals surface area contributed by atoms with Crippen LogP contribution in [0.2, 0.25) is 19.6 Å². The molecular formula is C25H25NSi. The smallest absolute Gasteiger partial charge is 0.0775 e. The molecule has 0 amide bonds. The molecule has 1 nitrogen and oxygen atoms in total. The molecule has 0 radical (unpaired) electrons. The first kappa shape index (κ1) is 17.6. The molecule has 0 aliphatic rings. The van der Waals surface area contributed by atoms with Crippen molar-refractivity contribution in [3.63, 3.8) is 0 Å². The Morgan fingerprint density at radius 1 is 0.556 bits per heavy atom. The van der Waals surface area contributed by atoms with Crippen molar-refractivity contribution in [3.05, 3.63) is 91.0 Å². The van der Waals surface area contributed by atoms with Crippen LogP contribution < -0.4 is 10.5 Å². The van der Waals surface area contributed by atoms with Gasteiger partial charge in [0.25, 0.3) is 0 Å². The maximum absolute atomic E-state index is 3.54. The Kier molecular flexibility index (Phi) is 4.59. The second kappa shape index (κ2) is 7.05. The molecule has 0 saturated heterocycles. The molecule has 4 rings (SSSR count). The van der Waals surface area contributed by atoms with Gasteiger partial charge in [0, 0.05) is 11.4 Å². The number of anilines is 2. The lowest BCUT2D eigenvalue weighted by atomic mass is 10.0. The van der Waals surface area contributed by atoms with E-state index in [2.05, 4.69) is 116 Å². The molecule has 4 aromatic carbocycles. The van der Waals surface area contributed by atoms with Crippen LogP contribution in [0.1, 0.15) is 0 Å². The van der Waals surface area contributed by atoms with Crippen LogP contribution in [0.25, 0.3) is 21.9 Å². The third-order valence-electron chi connectivity index (χ3n) is 4.99. The van der Waals surface area contributed by atoms with Crippen LogP contribution in [0, 0.1) is 0 Å². The van der Waals surface area contributed by atoms with E-state index in [0.29, 0.717) is 0 Å². The topological polar surface area (TPSA) is 12.0 Å². The van der Waals surface area contributed by atoms with Gasteiger partial charge in [0.15, 0.2) is 0 Å². The molecule has 4 aromatic rings. The molecule has 0 unspecified atom stereocenters. The van der Waals surface area contributed by atoms with Crippen LogP contribution in [0.4, 0.5) is 11.4 Å². The molecule has 0 atom stereocenters. The summed E-state index contributed by atoms with van der Waals surface area (Å²) in [4.78, 5) is 0. The van der Waals surface area contributed by atoms with Crippen LogP contribution in [-0.2, 0) is 0 Å². The number of hydrogen-bond donors (Lipinski definition) is 1. The highest BCUT2D eigenvalue weighted by atomic mass is 28.3. The van der Waals surface area contributed by atoms with Gasteiger partial charge < -0.3 is 5.32 Å². The molecule has 0 spiro atoms. The van der Waals surface area contributed by atoms with Gasteiger partial charge in [-0.05, 0) is 52.2 Å². The summed E-state index contributed by atoms with van der Waals surface area (Å²) in [6.07, 6.45) is 0. The maximum Gasteiger partial charge on any atom is 0.0775 e. The zero-order chi connectivity index (χ0) is 18.9. The van der Waals surface area contributed by atoms with E-state index in [1.54, 1.807) is 0 Å². The molecule has 134 valence electrons. The summed E-state index contributed by atoms with van der Waals surface area (Å²) in [5, 5.41) is 7.53. The van der Waals surface area contributed by atoms with Crippen molar-refractivity contribution in [2.75, 3.05) is 5.32 Å². The lowest BCUT2D eigenvalue weighted by Crippen LogP contribution is -2.37. The van der Waals surface area contributed by atoms with Crippen molar-refractivity contribution in [1.29, 1.82) is 0 Å². The monoisotopic (exact) mass is 367 g/mol. The Balaban J connectivity index is 1.58. The van der Waals surface area contributed by atoms with Crippen LogP contribution >= 0.6 is 0 Å². The van der Waals surface area contributed by atoms with Crippen LogP contribution in [0.3, 0.4) is 0 Å².